The normalized spacial score (nSPS) is 21.8. The fraction of sp³-hybridized carbons (Fsp3) is 0.400. The Balaban J connectivity index is 1.76. The SMILES string of the molecule is CC1COc2ccccc2C1NCc1ccn(C)n1. The second-order valence-electron chi connectivity index (χ2n) is 5.17. The molecule has 19 heavy (non-hydrogen) atoms. The zero-order valence-corrected chi connectivity index (χ0v) is 11.3. The summed E-state index contributed by atoms with van der Waals surface area (Å²) >= 11 is 0. The molecule has 100 valence electrons. The van der Waals surface area contributed by atoms with Crippen LogP contribution < -0.4 is 10.1 Å². The second kappa shape index (κ2) is 5.05. The molecule has 0 aliphatic carbocycles. The molecule has 2 aromatic rings. The highest BCUT2D eigenvalue weighted by Gasteiger charge is 2.27. The van der Waals surface area contributed by atoms with Crippen molar-refractivity contribution in [3.63, 3.8) is 0 Å². The zero-order valence-electron chi connectivity index (χ0n) is 11.3. The Hall–Kier alpha value is -1.81. The molecule has 0 saturated heterocycles. The van der Waals surface area contributed by atoms with Gasteiger partial charge in [0.25, 0.3) is 0 Å². The van der Waals surface area contributed by atoms with Gasteiger partial charge in [0, 0.05) is 37.3 Å². The average Bonchev–Trinajstić information content (AvgIpc) is 2.83. The average molecular weight is 257 g/mol. The lowest BCUT2D eigenvalue weighted by Gasteiger charge is -2.32. The van der Waals surface area contributed by atoms with Gasteiger partial charge in [-0.3, -0.25) is 4.68 Å². The van der Waals surface area contributed by atoms with E-state index >= 15 is 0 Å². The molecule has 0 fully saturated rings. The van der Waals surface area contributed by atoms with Gasteiger partial charge in [-0.05, 0) is 12.1 Å². The first-order valence-electron chi connectivity index (χ1n) is 6.67. The quantitative estimate of drug-likeness (QED) is 0.917. The molecule has 1 aliphatic heterocycles. The summed E-state index contributed by atoms with van der Waals surface area (Å²) < 4.78 is 7.59. The van der Waals surface area contributed by atoms with Gasteiger partial charge in [-0.15, -0.1) is 0 Å². The van der Waals surface area contributed by atoms with E-state index in [0.717, 1.165) is 24.6 Å². The summed E-state index contributed by atoms with van der Waals surface area (Å²) in [7, 11) is 1.94. The minimum atomic E-state index is 0.326. The minimum absolute atomic E-state index is 0.326. The van der Waals surface area contributed by atoms with Gasteiger partial charge in [-0.1, -0.05) is 25.1 Å². The molecule has 0 saturated carbocycles. The zero-order chi connectivity index (χ0) is 13.2. The molecule has 1 aromatic carbocycles. The predicted octanol–water partition coefficient (Wildman–Crippen LogP) is 2.28. The van der Waals surface area contributed by atoms with Gasteiger partial charge in [0.05, 0.1) is 12.3 Å². The van der Waals surface area contributed by atoms with E-state index in [2.05, 4.69) is 29.5 Å². The van der Waals surface area contributed by atoms with Crippen molar-refractivity contribution in [1.29, 1.82) is 0 Å². The second-order valence-corrected chi connectivity index (χ2v) is 5.17. The highest BCUT2D eigenvalue weighted by Crippen LogP contribution is 2.34. The third kappa shape index (κ3) is 2.49. The Morgan fingerprint density at radius 1 is 1.37 bits per heavy atom. The van der Waals surface area contributed by atoms with E-state index < -0.39 is 0 Å². The molecule has 4 nitrogen and oxygen atoms in total. The Kier molecular flexibility index (Phi) is 3.25. The number of hydrogen-bond donors (Lipinski definition) is 1. The number of nitrogens with zero attached hydrogens (tertiary/aromatic N) is 2. The monoisotopic (exact) mass is 257 g/mol. The van der Waals surface area contributed by atoms with Gasteiger partial charge in [0.1, 0.15) is 5.75 Å². The lowest BCUT2D eigenvalue weighted by molar-refractivity contribution is 0.187. The number of fused-ring (bicyclic) bond motifs is 1. The molecule has 0 bridgehead atoms. The molecular formula is C15H19N3O. The molecule has 0 amide bonds. The molecule has 2 atom stereocenters. The van der Waals surface area contributed by atoms with Crippen molar-refractivity contribution in [3.8, 4) is 5.75 Å². The first-order valence-corrected chi connectivity index (χ1v) is 6.67. The number of hydrogen-bond acceptors (Lipinski definition) is 3. The van der Waals surface area contributed by atoms with Crippen molar-refractivity contribution < 1.29 is 4.74 Å². The van der Waals surface area contributed by atoms with E-state index in [1.54, 1.807) is 0 Å². The molecule has 3 rings (SSSR count). The summed E-state index contributed by atoms with van der Waals surface area (Å²) in [5.41, 5.74) is 2.32. The Morgan fingerprint density at radius 2 is 2.21 bits per heavy atom. The fourth-order valence-electron chi connectivity index (χ4n) is 2.58. The van der Waals surface area contributed by atoms with E-state index in [4.69, 9.17) is 4.74 Å². The van der Waals surface area contributed by atoms with E-state index in [1.165, 1.54) is 5.56 Å². The van der Waals surface area contributed by atoms with Crippen LogP contribution in [-0.2, 0) is 13.6 Å². The Morgan fingerprint density at radius 3 is 3.00 bits per heavy atom. The van der Waals surface area contributed by atoms with E-state index in [-0.39, 0.29) is 0 Å². The summed E-state index contributed by atoms with van der Waals surface area (Å²) in [5, 5.41) is 8.00. The summed E-state index contributed by atoms with van der Waals surface area (Å²) in [4.78, 5) is 0. The van der Waals surface area contributed by atoms with Crippen molar-refractivity contribution in [1.82, 2.24) is 15.1 Å². The molecule has 2 heterocycles. The van der Waals surface area contributed by atoms with Crippen molar-refractivity contribution in [2.45, 2.75) is 19.5 Å². The summed E-state index contributed by atoms with van der Waals surface area (Å²) in [6.45, 7) is 3.76. The van der Waals surface area contributed by atoms with Crippen LogP contribution in [0.25, 0.3) is 0 Å². The molecule has 1 N–H and O–H groups in total. The van der Waals surface area contributed by atoms with Crippen molar-refractivity contribution >= 4 is 0 Å². The third-order valence-corrected chi connectivity index (χ3v) is 3.60. The van der Waals surface area contributed by atoms with Gasteiger partial charge in [-0.2, -0.15) is 5.10 Å². The van der Waals surface area contributed by atoms with Crippen LogP contribution in [0, 0.1) is 5.92 Å². The number of benzene rings is 1. The first kappa shape index (κ1) is 12.2. The van der Waals surface area contributed by atoms with Crippen LogP contribution in [-0.4, -0.2) is 16.4 Å². The molecule has 1 aliphatic rings. The lowest BCUT2D eigenvalue weighted by atomic mass is 9.92. The highest BCUT2D eigenvalue weighted by atomic mass is 16.5. The van der Waals surface area contributed by atoms with E-state index in [1.807, 2.05) is 36.1 Å². The highest BCUT2D eigenvalue weighted by molar-refractivity contribution is 5.37. The first-order chi connectivity index (χ1) is 9.24. The van der Waals surface area contributed by atoms with E-state index in [0.29, 0.717) is 12.0 Å². The summed E-state index contributed by atoms with van der Waals surface area (Å²) in [5.74, 6) is 1.46. The lowest BCUT2D eigenvalue weighted by Crippen LogP contribution is -2.33. The number of ether oxygens (including phenoxy) is 1. The number of aryl methyl sites for hydroxylation is 1. The predicted molar refractivity (Wildman–Crippen MR) is 73.9 cm³/mol. The van der Waals surface area contributed by atoms with Crippen molar-refractivity contribution in [2.75, 3.05) is 6.61 Å². The molecule has 1 aromatic heterocycles. The maximum atomic E-state index is 5.76. The number of aromatic nitrogens is 2. The molecule has 2 unspecified atom stereocenters. The third-order valence-electron chi connectivity index (χ3n) is 3.60. The van der Waals surface area contributed by atoms with E-state index in [9.17, 15) is 0 Å². The van der Waals surface area contributed by atoms with Gasteiger partial charge in [0.15, 0.2) is 0 Å². The fourth-order valence-corrected chi connectivity index (χ4v) is 2.58. The number of nitrogens with one attached hydrogen (secondary N) is 1. The Labute approximate surface area is 113 Å². The van der Waals surface area contributed by atoms with Crippen molar-refractivity contribution in [2.24, 2.45) is 13.0 Å². The van der Waals surface area contributed by atoms with Gasteiger partial charge in [0.2, 0.25) is 0 Å². The molecule has 4 heteroatoms. The number of rotatable bonds is 3. The topological polar surface area (TPSA) is 39.1 Å². The molecule has 0 spiro atoms. The van der Waals surface area contributed by atoms with Gasteiger partial charge >= 0.3 is 0 Å². The summed E-state index contributed by atoms with van der Waals surface area (Å²) in [6, 6.07) is 10.6. The minimum Gasteiger partial charge on any atom is -0.493 e. The standard InChI is InChI=1S/C15H19N3O/c1-11-10-19-14-6-4-3-5-13(14)15(11)16-9-12-7-8-18(2)17-12/h3-8,11,15-16H,9-10H2,1-2H3. The van der Waals surface area contributed by atoms with Crippen LogP contribution in [0.15, 0.2) is 36.5 Å². The molecule has 0 radical (unpaired) electrons. The summed E-state index contributed by atoms with van der Waals surface area (Å²) in [6.07, 6.45) is 1.97. The van der Waals surface area contributed by atoms with Crippen LogP contribution in [0.1, 0.15) is 24.2 Å². The van der Waals surface area contributed by atoms with Crippen LogP contribution >= 0.6 is 0 Å². The maximum Gasteiger partial charge on any atom is 0.124 e. The largest absolute Gasteiger partial charge is 0.493 e. The van der Waals surface area contributed by atoms with Crippen LogP contribution in [0.5, 0.6) is 5.75 Å². The smallest absolute Gasteiger partial charge is 0.124 e. The van der Waals surface area contributed by atoms with Crippen molar-refractivity contribution in [3.05, 3.63) is 47.8 Å². The van der Waals surface area contributed by atoms with Crippen LogP contribution in [0.3, 0.4) is 0 Å². The number of para-hydroxylation sites is 1. The Bertz CT molecular complexity index is 564. The van der Waals surface area contributed by atoms with Crippen LogP contribution in [0.2, 0.25) is 0 Å². The van der Waals surface area contributed by atoms with Gasteiger partial charge < -0.3 is 10.1 Å². The molecular weight excluding hydrogens is 238 g/mol. The van der Waals surface area contributed by atoms with Gasteiger partial charge in [-0.25, -0.2) is 0 Å². The van der Waals surface area contributed by atoms with Crippen LogP contribution in [0.4, 0.5) is 0 Å². The maximum absolute atomic E-state index is 5.76.